The lowest BCUT2D eigenvalue weighted by Crippen LogP contribution is -2.30. The minimum atomic E-state index is -0.617. The fourth-order valence-corrected chi connectivity index (χ4v) is 9.30. The molecule has 0 spiro atoms. The Balaban J connectivity index is 1.56. The summed E-state index contributed by atoms with van der Waals surface area (Å²) < 4.78 is 14.3. The van der Waals surface area contributed by atoms with Gasteiger partial charge in [-0.3, -0.25) is 0 Å². The Morgan fingerprint density at radius 3 is 1.12 bits per heavy atom. The van der Waals surface area contributed by atoms with Gasteiger partial charge in [-0.15, -0.1) is 0 Å². The van der Waals surface area contributed by atoms with Crippen LogP contribution in [0.15, 0.2) is 109 Å². The highest BCUT2D eigenvalue weighted by Crippen LogP contribution is 2.59. The monoisotopic (exact) mass is 784 g/mol. The van der Waals surface area contributed by atoms with Crippen molar-refractivity contribution in [2.45, 2.75) is 124 Å². The summed E-state index contributed by atoms with van der Waals surface area (Å²) in [5.74, 6) is 4.45. The number of rotatable bonds is 14. The van der Waals surface area contributed by atoms with Gasteiger partial charge < -0.3 is 20.9 Å². The fraction of sp³-hybridized carbons (Fsp3) is 0.345. The predicted molar refractivity (Wildman–Crippen MR) is 250 cm³/mol. The first kappa shape index (κ1) is 41.7. The third kappa shape index (κ3) is 7.63. The van der Waals surface area contributed by atoms with E-state index in [2.05, 4.69) is 154 Å². The summed E-state index contributed by atoms with van der Waals surface area (Å²) in [6, 6.07) is 40.1. The first-order valence-electron chi connectivity index (χ1n) is 22.0. The standard InChI is InChI=1S/C55H64N2O2/c1-11-17-37-27-41(56)23-25-51(37)58-53-45(33(3)4)29-39(30-46(53)34(5)6)55(49-21-15-13-19-43(49)44-20-14-16-22-50(44)55)40-31-47(35(7)8)54(48(32-40)36(9)10)59-52-26-24-42(57)28-38(52)18-12-2/h13-16,19-36H,11-12,17-18,56-57H2,1-10H3. The van der Waals surface area contributed by atoms with Gasteiger partial charge in [0.25, 0.3) is 0 Å². The third-order valence-electron chi connectivity index (χ3n) is 12.2. The smallest absolute Gasteiger partial charge is 0.134 e. The molecule has 0 bridgehead atoms. The molecule has 1 aliphatic carbocycles. The number of anilines is 2. The van der Waals surface area contributed by atoms with E-state index < -0.39 is 5.41 Å². The van der Waals surface area contributed by atoms with Gasteiger partial charge in [0.05, 0.1) is 5.41 Å². The van der Waals surface area contributed by atoms with Crippen LogP contribution in [0, 0.1) is 0 Å². The number of hydrogen-bond donors (Lipinski definition) is 2. The van der Waals surface area contributed by atoms with Crippen molar-refractivity contribution in [1.82, 2.24) is 0 Å². The third-order valence-corrected chi connectivity index (χ3v) is 12.2. The Morgan fingerprint density at radius 1 is 0.458 bits per heavy atom. The molecule has 0 aromatic heterocycles. The van der Waals surface area contributed by atoms with Crippen LogP contribution < -0.4 is 20.9 Å². The molecule has 7 rings (SSSR count). The van der Waals surface area contributed by atoms with Gasteiger partial charge in [0.1, 0.15) is 23.0 Å². The van der Waals surface area contributed by atoms with Gasteiger partial charge in [-0.25, -0.2) is 0 Å². The second-order valence-corrected chi connectivity index (χ2v) is 17.9. The molecule has 0 radical (unpaired) electrons. The van der Waals surface area contributed by atoms with E-state index >= 15 is 0 Å². The lowest BCUT2D eigenvalue weighted by Gasteiger charge is -2.37. The molecule has 0 heterocycles. The molecule has 0 aliphatic heterocycles. The molecule has 306 valence electrons. The van der Waals surface area contributed by atoms with Crippen molar-refractivity contribution in [1.29, 1.82) is 0 Å². The highest BCUT2D eigenvalue weighted by molar-refractivity contribution is 5.87. The van der Waals surface area contributed by atoms with Crippen molar-refractivity contribution < 1.29 is 9.47 Å². The van der Waals surface area contributed by atoms with E-state index in [0.29, 0.717) is 0 Å². The summed E-state index contributed by atoms with van der Waals surface area (Å²) in [5.41, 5.74) is 28.2. The number of aryl methyl sites for hydroxylation is 2. The van der Waals surface area contributed by atoms with Crippen LogP contribution in [0.5, 0.6) is 23.0 Å². The molecule has 0 amide bonds. The molecular weight excluding hydrogens is 721 g/mol. The Kier molecular flexibility index (Phi) is 12.0. The second kappa shape index (κ2) is 17.0. The highest BCUT2D eigenvalue weighted by Gasteiger charge is 2.47. The number of nitrogen functional groups attached to an aromatic ring is 2. The predicted octanol–water partition coefficient (Wildman–Crippen LogP) is 15.2. The number of fused-ring (bicyclic) bond motifs is 3. The fourth-order valence-electron chi connectivity index (χ4n) is 9.30. The SMILES string of the molecule is CCCc1cc(N)ccc1Oc1c(C(C)C)cc(C2(c3cc(C(C)C)c(Oc4ccc(N)cc4CCC)c(C(C)C)c3)c3ccccc3-c3ccccc32)cc1C(C)C. The first-order valence-corrected chi connectivity index (χ1v) is 22.0. The van der Waals surface area contributed by atoms with Crippen LogP contribution >= 0.6 is 0 Å². The van der Waals surface area contributed by atoms with Crippen molar-refractivity contribution in [2.75, 3.05) is 11.5 Å². The normalized spacial score (nSPS) is 13.1. The largest absolute Gasteiger partial charge is 0.456 e. The maximum Gasteiger partial charge on any atom is 0.134 e. The molecule has 1 aliphatic rings. The van der Waals surface area contributed by atoms with E-state index in [1.807, 2.05) is 24.3 Å². The molecule has 0 atom stereocenters. The van der Waals surface area contributed by atoms with Crippen molar-refractivity contribution in [3.63, 3.8) is 0 Å². The molecule has 6 aromatic rings. The van der Waals surface area contributed by atoms with Gasteiger partial charge in [-0.05, 0) is 140 Å². The van der Waals surface area contributed by atoms with Crippen molar-refractivity contribution in [3.05, 3.63) is 165 Å². The van der Waals surface area contributed by atoms with Crippen LogP contribution in [-0.2, 0) is 18.3 Å². The molecule has 0 saturated carbocycles. The van der Waals surface area contributed by atoms with Gasteiger partial charge in [0.15, 0.2) is 0 Å². The number of nitrogens with two attached hydrogens (primary N) is 2. The Morgan fingerprint density at radius 2 is 0.797 bits per heavy atom. The van der Waals surface area contributed by atoms with Crippen LogP contribution in [0.25, 0.3) is 11.1 Å². The Hall–Kier alpha value is -5.48. The van der Waals surface area contributed by atoms with Gasteiger partial charge in [-0.1, -0.05) is 155 Å². The maximum atomic E-state index is 7.13. The summed E-state index contributed by atoms with van der Waals surface area (Å²) in [5, 5.41) is 0. The lowest BCUT2D eigenvalue weighted by atomic mass is 9.65. The summed E-state index contributed by atoms with van der Waals surface area (Å²) in [4.78, 5) is 0. The topological polar surface area (TPSA) is 70.5 Å². The van der Waals surface area contributed by atoms with Crippen LogP contribution in [0.2, 0.25) is 0 Å². The molecule has 59 heavy (non-hydrogen) atoms. The van der Waals surface area contributed by atoms with E-state index in [4.69, 9.17) is 20.9 Å². The molecule has 0 fully saturated rings. The average molecular weight is 785 g/mol. The minimum Gasteiger partial charge on any atom is -0.456 e. The maximum absolute atomic E-state index is 7.13. The van der Waals surface area contributed by atoms with Gasteiger partial charge in [0, 0.05) is 11.4 Å². The summed E-state index contributed by atoms with van der Waals surface area (Å²) in [7, 11) is 0. The van der Waals surface area contributed by atoms with Crippen LogP contribution in [0.3, 0.4) is 0 Å². The highest BCUT2D eigenvalue weighted by atomic mass is 16.5. The molecule has 0 unspecified atom stereocenters. The Bertz CT molecular complexity index is 2240. The van der Waals surface area contributed by atoms with Crippen molar-refractivity contribution >= 4 is 11.4 Å². The summed E-state index contributed by atoms with van der Waals surface area (Å²) in [6.07, 6.45) is 3.82. The van der Waals surface area contributed by atoms with E-state index in [9.17, 15) is 0 Å². The summed E-state index contributed by atoms with van der Waals surface area (Å²) >= 11 is 0. The second-order valence-electron chi connectivity index (χ2n) is 17.9. The molecule has 0 saturated heterocycles. The zero-order chi connectivity index (χ0) is 42.2. The van der Waals surface area contributed by atoms with E-state index in [-0.39, 0.29) is 23.7 Å². The van der Waals surface area contributed by atoms with E-state index in [1.54, 1.807) is 0 Å². The van der Waals surface area contributed by atoms with Gasteiger partial charge in [0.2, 0.25) is 0 Å². The van der Waals surface area contributed by atoms with Gasteiger partial charge >= 0.3 is 0 Å². The molecular formula is C55H64N2O2. The number of ether oxygens (including phenoxy) is 2. The molecule has 4 heteroatoms. The quantitative estimate of drug-likeness (QED) is 0.108. The zero-order valence-electron chi connectivity index (χ0n) is 37.0. The molecule has 4 N–H and O–H groups in total. The van der Waals surface area contributed by atoms with Crippen LogP contribution in [0.1, 0.15) is 161 Å². The zero-order valence-corrected chi connectivity index (χ0v) is 37.0. The lowest BCUT2D eigenvalue weighted by molar-refractivity contribution is 0.456. The van der Waals surface area contributed by atoms with E-state index in [1.165, 1.54) is 55.6 Å². The van der Waals surface area contributed by atoms with Crippen molar-refractivity contribution in [3.8, 4) is 34.1 Å². The molecule has 4 nitrogen and oxygen atoms in total. The van der Waals surface area contributed by atoms with Gasteiger partial charge in [-0.2, -0.15) is 0 Å². The van der Waals surface area contributed by atoms with Crippen molar-refractivity contribution in [2.24, 2.45) is 0 Å². The van der Waals surface area contributed by atoms with Crippen LogP contribution in [0.4, 0.5) is 11.4 Å². The minimum absolute atomic E-state index is 0.195. The summed E-state index contributed by atoms with van der Waals surface area (Å²) in [6.45, 7) is 22.7. The Labute approximate surface area is 354 Å². The number of hydrogen-bond acceptors (Lipinski definition) is 4. The average Bonchev–Trinajstić information content (AvgIpc) is 3.51. The molecule has 6 aromatic carbocycles. The number of benzene rings is 6. The first-order chi connectivity index (χ1) is 28.3. The van der Waals surface area contributed by atoms with Crippen LogP contribution in [-0.4, -0.2) is 0 Å². The van der Waals surface area contributed by atoms with E-state index in [0.717, 1.165) is 71.2 Å².